The summed E-state index contributed by atoms with van der Waals surface area (Å²) in [4.78, 5) is 6.54. The van der Waals surface area contributed by atoms with Crippen molar-refractivity contribution in [3.63, 3.8) is 0 Å². The average molecular weight is 415 g/mol. The smallest absolute Gasteiger partial charge is 0.135 e. The van der Waals surface area contributed by atoms with Gasteiger partial charge in [-0.05, 0) is 44.0 Å². The molecule has 1 aromatic heterocycles. The third-order valence-electron chi connectivity index (χ3n) is 5.31. The molecule has 29 heavy (non-hydrogen) atoms. The molecule has 1 aliphatic rings. The van der Waals surface area contributed by atoms with Crippen LogP contribution in [0.15, 0.2) is 77.8 Å². The van der Waals surface area contributed by atoms with Crippen molar-refractivity contribution < 1.29 is 0 Å². The van der Waals surface area contributed by atoms with Gasteiger partial charge in [-0.2, -0.15) is 0 Å². The molecule has 0 saturated heterocycles. The van der Waals surface area contributed by atoms with Gasteiger partial charge in [-0.25, -0.2) is 4.99 Å². The summed E-state index contributed by atoms with van der Waals surface area (Å²) in [6.07, 6.45) is 0. The van der Waals surface area contributed by atoms with E-state index in [0.29, 0.717) is 0 Å². The van der Waals surface area contributed by atoms with Crippen molar-refractivity contribution in [1.29, 1.82) is 0 Å². The van der Waals surface area contributed by atoms with E-state index in [0.717, 1.165) is 15.9 Å². The van der Waals surface area contributed by atoms with E-state index < -0.39 is 0 Å². The van der Waals surface area contributed by atoms with E-state index in [2.05, 4.69) is 98.9 Å². The van der Waals surface area contributed by atoms with E-state index in [-0.39, 0.29) is 5.54 Å². The molecule has 0 radical (unpaired) electrons. The summed E-state index contributed by atoms with van der Waals surface area (Å²) in [5, 5.41) is 3.72. The van der Waals surface area contributed by atoms with Crippen molar-refractivity contribution in [2.24, 2.45) is 4.99 Å². The maximum absolute atomic E-state index is 5.18. The second kappa shape index (κ2) is 6.97. The molecule has 0 fully saturated rings. The van der Waals surface area contributed by atoms with Crippen LogP contribution in [0.3, 0.4) is 0 Å². The van der Waals surface area contributed by atoms with Gasteiger partial charge in [-0.1, -0.05) is 81.3 Å². The van der Waals surface area contributed by atoms with Gasteiger partial charge >= 0.3 is 0 Å². The van der Waals surface area contributed by atoms with Gasteiger partial charge in [0.25, 0.3) is 0 Å². The number of aryl methyl sites for hydroxylation is 1. The first kappa shape index (κ1) is 18.3. The summed E-state index contributed by atoms with van der Waals surface area (Å²) in [6, 6.07) is 25.6. The Bertz CT molecular complexity index is 1260. The van der Waals surface area contributed by atoms with Crippen LogP contribution >= 0.6 is 20.7 Å². The zero-order chi connectivity index (χ0) is 20.0. The Hall–Kier alpha value is -2.69. The second-order valence-electron chi connectivity index (χ2n) is 7.97. The summed E-state index contributed by atoms with van der Waals surface area (Å²) >= 11 is 0. The van der Waals surface area contributed by atoms with Crippen LogP contribution in [0.2, 0.25) is 0 Å². The molecule has 0 saturated carbocycles. The van der Waals surface area contributed by atoms with Crippen molar-refractivity contribution in [3.8, 4) is 22.3 Å². The van der Waals surface area contributed by atoms with Crippen molar-refractivity contribution in [2.75, 3.05) is 5.32 Å². The normalized spacial score (nSPS) is 14.8. The fourth-order valence-electron chi connectivity index (χ4n) is 3.91. The quantitative estimate of drug-likeness (QED) is 0.341. The Morgan fingerprint density at radius 3 is 2.41 bits per heavy atom. The fourth-order valence-corrected chi connectivity index (χ4v) is 6.84. The van der Waals surface area contributed by atoms with Gasteiger partial charge in [-0.15, -0.1) is 0 Å². The van der Waals surface area contributed by atoms with Crippen LogP contribution in [0.1, 0.15) is 24.3 Å². The number of rotatable bonds is 2. The molecule has 0 atom stereocenters. The lowest BCUT2D eigenvalue weighted by atomic mass is 9.89. The molecule has 0 aliphatic carbocycles. The zero-order valence-corrected chi connectivity index (χ0v) is 18.3. The number of hydrogen-bond donors (Lipinski definition) is 1. The van der Waals surface area contributed by atoms with E-state index in [1.807, 2.05) is 10.3 Å². The Balaban J connectivity index is 1.75. The molecule has 4 heteroatoms. The average Bonchev–Trinajstić information content (AvgIpc) is 3.14. The minimum atomic E-state index is -0.107. The first-order chi connectivity index (χ1) is 14.0. The molecule has 1 N–H and O–H groups in total. The topological polar surface area (TPSA) is 24.4 Å². The highest BCUT2D eigenvalue weighted by molar-refractivity contribution is 7.68. The second-order valence-corrected chi connectivity index (χ2v) is 10.1. The van der Waals surface area contributed by atoms with E-state index in [1.165, 1.54) is 32.8 Å². The molecule has 5 rings (SSSR count). The molecular formula is C25H22N2S2. The summed E-state index contributed by atoms with van der Waals surface area (Å²) in [6.45, 7) is 6.64. The van der Waals surface area contributed by atoms with Crippen molar-refractivity contribution in [2.45, 2.75) is 26.3 Å². The maximum Gasteiger partial charge on any atom is 0.135 e. The minimum absolute atomic E-state index is 0.107. The van der Waals surface area contributed by atoms with Crippen LogP contribution in [0.25, 0.3) is 22.3 Å². The molecule has 0 unspecified atom stereocenters. The zero-order valence-electron chi connectivity index (χ0n) is 16.7. The number of nitrogens with one attached hydrogen (secondary N) is 1. The summed E-state index contributed by atoms with van der Waals surface area (Å²) in [7, 11) is 3.60. The predicted octanol–water partition coefficient (Wildman–Crippen LogP) is 7.35. The number of para-hydroxylation sites is 1. The summed E-state index contributed by atoms with van der Waals surface area (Å²) < 4.78 is 1.09. The van der Waals surface area contributed by atoms with E-state index >= 15 is 0 Å². The summed E-state index contributed by atoms with van der Waals surface area (Å²) in [5.41, 5.74) is 8.25. The van der Waals surface area contributed by atoms with Gasteiger partial charge in [0.2, 0.25) is 0 Å². The van der Waals surface area contributed by atoms with Gasteiger partial charge in [-0.3, -0.25) is 0 Å². The first-order valence-corrected chi connectivity index (χ1v) is 11.9. The Labute approximate surface area is 178 Å². The third-order valence-corrected chi connectivity index (χ3v) is 7.96. The SMILES string of the molecule is Cc1ccc2c(c1)NC(C)(C)c1ssc(=Nc3ccccc3-c3ccccc3)c1-2. The minimum Gasteiger partial charge on any atom is -0.375 e. The monoisotopic (exact) mass is 414 g/mol. The first-order valence-electron chi connectivity index (χ1n) is 9.75. The molecule has 2 nitrogen and oxygen atoms in total. The van der Waals surface area contributed by atoms with Crippen molar-refractivity contribution in [1.82, 2.24) is 0 Å². The molecular weight excluding hydrogens is 392 g/mol. The van der Waals surface area contributed by atoms with E-state index in [9.17, 15) is 0 Å². The molecule has 4 aromatic rings. The highest BCUT2D eigenvalue weighted by atomic mass is 32.9. The highest BCUT2D eigenvalue weighted by Crippen LogP contribution is 2.45. The lowest BCUT2D eigenvalue weighted by Gasteiger charge is -2.33. The summed E-state index contributed by atoms with van der Waals surface area (Å²) in [5.74, 6) is 0. The molecule has 0 amide bonds. The number of nitrogens with zero attached hydrogens (tertiary/aromatic N) is 1. The van der Waals surface area contributed by atoms with Gasteiger partial charge in [0.1, 0.15) is 4.67 Å². The fraction of sp³-hybridized carbons (Fsp3) is 0.160. The van der Waals surface area contributed by atoms with Crippen molar-refractivity contribution >= 4 is 32.1 Å². The Morgan fingerprint density at radius 2 is 1.59 bits per heavy atom. The highest BCUT2D eigenvalue weighted by Gasteiger charge is 2.33. The number of anilines is 1. The van der Waals surface area contributed by atoms with Gasteiger partial charge in [0.15, 0.2) is 0 Å². The third kappa shape index (κ3) is 3.22. The predicted molar refractivity (Wildman–Crippen MR) is 126 cm³/mol. The largest absolute Gasteiger partial charge is 0.375 e. The van der Waals surface area contributed by atoms with Crippen LogP contribution in [0.5, 0.6) is 0 Å². The molecule has 2 heterocycles. The van der Waals surface area contributed by atoms with Crippen LogP contribution in [-0.4, -0.2) is 0 Å². The van der Waals surface area contributed by atoms with E-state index in [1.54, 1.807) is 10.3 Å². The van der Waals surface area contributed by atoms with Crippen LogP contribution < -0.4 is 9.99 Å². The standard InChI is InChI=1S/C25H22N2S2/c1-16-13-14-19-21(15-16)27-25(2,3)23-22(19)24(29-28-23)26-20-12-8-7-11-18(20)17-9-5-4-6-10-17/h4-15,27H,1-3H3. The Morgan fingerprint density at radius 1 is 0.828 bits per heavy atom. The molecule has 0 bridgehead atoms. The van der Waals surface area contributed by atoms with Crippen LogP contribution in [0.4, 0.5) is 11.4 Å². The van der Waals surface area contributed by atoms with Gasteiger partial charge < -0.3 is 5.32 Å². The number of fused-ring (bicyclic) bond motifs is 3. The van der Waals surface area contributed by atoms with E-state index in [4.69, 9.17) is 4.99 Å². The molecule has 3 aromatic carbocycles. The molecule has 0 spiro atoms. The number of benzene rings is 3. The van der Waals surface area contributed by atoms with Gasteiger partial charge in [0.05, 0.1) is 16.1 Å². The lowest BCUT2D eigenvalue weighted by Crippen LogP contribution is -2.31. The Kier molecular flexibility index (Phi) is 4.41. The van der Waals surface area contributed by atoms with Crippen LogP contribution in [0, 0.1) is 6.92 Å². The number of hydrogen-bond acceptors (Lipinski definition) is 4. The maximum atomic E-state index is 5.18. The van der Waals surface area contributed by atoms with Crippen molar-refractivity contribution in [3.05, 3.63) is 87.9 Å². The lowest BCUT2D eigenvalue weighted by molar-refractivity contribution is 0.619. The van der Waals surface area contributed by atoms with Crippen LogP contribution in [-0.2, 0) is 5.54 Å². The molecule has 144 valence electrons. The van der Waals surface area contributed by atoms with Gasteiger partial charge in [0, 0.05) is 22.4 Å². The molecule has 1 aliphatic heterocycles.